The highest BCUT2D eigenvalue weighted by Crippen LogP contribution is 2.22. The summed E-state index contributed by atoms with van der Waals surface area (Å²) in [4.78, 5) is 21.9. The van der Waals surface area contributed by atoms with Crippen molar-refractivity contribution in [1.29, 1.82) is 0 Å². The van der Waals surface area contributed by atoms with Gasteiger partial charge in [-0.2, -0.15) is 0 Å². The predicted molar refractivity (Wildman–Crippen MR) is 119 cm³/mol. The maximum atomic E-state index is 12.6. The lowest BCUT2D eigenvalue weighted by atomic mass is 10.1. The van der Waals surface area contributed by atoms with E-state index in [4.69, 9.17) is 0 Å². The Bertz CT molecular complexity index is 957. The van der Waals surface area contributed by atoms with Crippen LogP contribution < -0.4 is 15.1 Å². The first-order chi connectivity index (χ1) is 14.1. The molecule has 0 atom stereocenters. The molecule has 1 aliphatic rings. The molecule has 1 aromatic heterocycles. The van der Waals surface area contributed by atoms with E-state index in [9.17, 15) is 4.79 Å². The molecule has 0 saturated carbocycles. The number of carbonyl (C=O) groups excluding carboxylic acids is 1. The minimum Gasteiger partial charge on any atom is -0.368 e. The molecule has 1 saturated heterocycles. The summed E-state index contributed by atoms with van der Waals surface area (Å²) in [7, 11) is 0. The summed E-state index contributed by atoms with van der Waals surface area (Å²) >= 11 is 0. The molecule has 1 N–H and O–H groups in total. The Morgan fingerprint density at radius 1 is 0.828 bits per heavy atom. The smallest absolute Gasteiger partial charge is 0.257 e. The molecule has 2 heterocycles. The lowest BCUT2D eigenvalue weighted by Crippen LogP contribution is -2.46. The van der Waals surface area contributed by atoms with Crippen LogP contribution in [0.3, 0.4) is 0 Å². The second-order valence-corrected chi connectivity index (χ2v) is 7.44. The van der Waals surface area contributed by atoms with E-state index >= 15 is 0 Å². The third-order valence-corrected chi connectivity index (χ3v) is 5.45. The van der Waals surface area contributed by atoms with Gasteiger partial charge in [0.05, 0.1) is 5.56 Å². The lowest BCUT2D eigenvalue weighted by molar-refractivity contribution is 0.102. The number of benzene rings is 2. The van der Waals surface area contributed by atoms with E-state index in [-0.39, 0.29) is 5.91 Å². The third-order valence-electron chi connectivity index (χ3n) is 5.45. The third kappa shape index (κ3) is 4.24. The summed E-state index contributed by atoms with van der Waals surface area (Å²) in [6.07, 6.45) is 1.67. The molecule has 2 aromatic carbocycles. The van der Waals surface area contributed by atoms with Gasteiger partial charge in [0.2, 0.25) is 0 Å². The highest BCUT2D eigenvalue weighted by atomic mass is 16.1. The fourth-order valence-electron chi connectivity index (χ4n) is 3.74. The standard InChI is InChI=1S/C24H26N4O/c1-18-7-6-8-19(2)23(18)26-24(29)20-11-12-22(25-17-20)28-15-13-27(14-16-28)21-9-4-3-5-10-21/h3-12,17H,13-16H2,1-2H3,(H,26,29). The van der Waals surface area contributed by atoms with Crippen molar-refractivity contribution in [1.82, 2.24) is 4.98 Å². The van der Waals surface area contributed by atoms with Crippen molar-refractivity contribution < 1.29 is 4.79 Å². The van der Waals surface area contributed by atoms with Gasteiger partial charge in [-0.05, 0) is 49.2 Å². The molecule has 4 rings (SSSR count). The first-order valence-corrected chi connectivity index (χ1v) is 10.0. The van der Waals surface area contributed by atoms with Crippen molar-refractivity contribution in [3.05, 3.63) is 83.6 Å². The minimum absolute atomic E-state index is 0.129. The molecular formula is C24H26N4O. The van der Waals surface area contributed by atoms with Gasteiger partial charge >= 0.3 is 0 Å². The van der Waals surface area contributed by atoms with Crippen LogP contribution in [0, 0.1) is 13.8 Å². The number of nitrogens with zero attached hydrogens (tertiary/aromatic N) is 3. The van der Waals surface area contributed by atoms with E-state index in [2.05, 4.69) is 44.4 Å². The molecule has 5 heteroatoms. The Kier molecular flexibility index (Phi) is 5.47. The van der Waals surface area contributed by atoms with Crippen molar-refractivity contribution in [2.75, 3.05) is 41.3 Å². The second-order valence-electron chi connectivity index (χ2n) is 7.44. The summed E-state index contributed by atoms with van der Waals surface area (Å²) in [5.74, 6) is 0.789. The highest BCUT2D eigenvalue weighted by Gasteiger charge is 2.18. The molecule has 0 spiro atoms. The highest BCUT2D eigenvalue weighted by molar-refractivity contribution is 6.05. The fourth-order valence-corrected chi connectivity index (χ4v) is 3.74. The van der Waals surface area contributed by atoms with E-state index in [1.807, 2.05) is 50.2 Å². The Morgan fingerprint density at radius 3 is 2.10 bits per heavy atom. The number of aryl methyl sites for hydroxylation is 2. The van der Waals surface area contributed by atoms with Gasteiger partial charge < -0.3 is 15.1 Å². The van der Waals surface area contributed by atoms with Gasteiger partial charge in [0.1, 0.15) is 5.82 Å². The van der Waals surface area contributed by atoms with Gasteiger partial charge in [0.15, 0.2) is 0 Å². The first kappa shape index (κ1) is 19.0. The first-order valence-electron chi connectivity index (χ1n) is 10.0. The number of carbonyl (C=O) groups is 1. The number of anilines is 3. The zero-order valence-electron chi connectivity index (χ0n) is 16.9. The van der Waals surface area contributed by atoms with Gasteiger partial charge in [-0.15, -0.1) is 0 Å². The topological polar surface area (TPSA) is 48.5 Å². The van der Waals surface area contributed by atoms with E-state index in [1.165, 1.54) is 5.69 Å². The Balaban J connectivity index is 1.39. The van der Waals surface area contributed by atoms with Crippen LogP contribution in [0.5, 0.6) is 0 Å². The number of piperazine rings is 1. The number of rotatable bonds is 4. The van der Waals surface area contributed by atoms with Crippen LogP contribution in [0.15, 0.2) is 66.9 Å². The summed E-state index contributed by atoms with van der Waals surface area (Å²) in [6, 6.07) is 20.3. The lowest BCUT2D eigenvalue weighted by Gasteiger charge is -2.36. The summed E-state index contributed by atoms with van der Waals surface area (Å²) in [5, 5.41) is 3.02. The number of para-hydroxylation sites is 2. The molecule has 0 unspecified atom stereocenters. The van der Waals surface area contributed by atoms with Crippen molar-refractivity contribution in [3.8, 4) is 0 Å². The summed E-state index contributed by atoms with van der Waals surface area (Å²) in [6.45, 7) is 7.74. The number of hydrogen-bond donors (Lipinski definition) is 1. The van der Waals surface area contributed by atoms with Crippen LogP contribution in [0.2, 0.25) is 0 Å². The van der Waals surface area contributed by atoms with Gasteiger partial charge in [-0.25, -0.2) is 4.98 Å². The van der Waals surface area contributed by atoms with Crippen LogP contribution in [0.4, 0.5) is 17.2 Å². The number of nitrogens with one attached hydrogen (secondary N) is 1. The van der Waals surface area contributed by atoms with E-state index in [0.717, 1.165) is 48.8 Å². The Labute approximate surface area is 172 Å². The van der Waals surface area contributed by atoms with Crippen molar-refractivity contribution in [2.24, 2.45) is 0 Å². The summed E-state index contributed by atoms with van der Waals surface area (Å²) in [5.41, 5.74) is 4.81. The number of amides is 1. The second kappa shape index (κ2) is 8.35. The predicted octanol–water partition coefficient (Wildman–Crippen LogP) is 4.28. The molecule has 29 heavy (non-hydrogen) atoms. The molecule has 0 bridgehead atoms. The average Bonchev–Trinajstić information content (AvgIpc) is 2.77. The minimum atomic E-state index is -0.129. The average molecular weight is 386 g/mol. The van der Waals surface area contributed by atoms with Crippen LogP contribution in [-0.4, -0.2) is 37.1 Å². The molecule has 5 nitrogen and oxygen atoms in total. The van der Waals surface area contributed by atoms with Gasteiger partial charge in [-0.3, -0.25) is 4.79 Å². The van der Waals surface area contributed by atoms with Crippen molar-refractivity contribution in [2.45, 2.75) is 13.8 Å². The maximum absolute atomic E-state index is 12.6. The van der Waals surface area contributed by atoms with Gasteiger partial charge in [-0.1, -0.05) is 36.4 Å². The fraction of sp³-hybridized carbons (Fsp3) is 0.250. The number of aromatic nitrogens is 1. The Hall–Kier alpha value is -3.34. The number of pyridine rings is 1. The molecule has 0 radical (unpaired) electrons. The van der Waals surface area contributed by atoms with Gasteiger partial charge in [0, 0.05) is 43.8 Å². The molecule has 0 aliphatic carbocycles. The van der Waals surface area contributed by atoms with Crippen LogP contribution >= 0.6 is 0 Å². The summed E-state index contributed by atoms with van der Waals surface area (Å²) < 4.78 is 0. The quantitative estimate of drug-likeness (QED) is 0.727. The van der Waals surface area contributed by atoms with Crippen molar-refractivity contribution in [3.63, 3.8) is 0 Å². The molecule has 148 valence electrons. The van der Waals surface area contributed by atoms with E-state index in [0.29, 0.717) is 5.56 Å². The van der Waals surface area contributed by atoms with Crippen LogP contribution in [-0.2, 0) is 0 Å². The number of hydrogen-bond acceptors (Lipinski definition) is 4. The molecule has 1 amide bonds. The zero-order chi connectivity index (χ0) is 20.2. The molecular weight excluding hydrogens is 360 g/mol. The van der Waals surface area contributed by atoms with Crippen molar-refractivity contribution >= 4 is 23.1 Å². The maximum Gasteiger partial charge on any atom is 0.257 e. The SMILES string of the molecule is Cc1cccc(C)c1NC(=O)c1ccc(N2CCN(c3ccccc3)CC2)nc1. The van der Waals surface area contributed by atoms with Crippen LogP contribution in [0.1, 0.15) is 21.5 Å². The van der Waals surface area contributed by atoms with E-state index < -0.39 is 0 Å². The van der Waals surface area contributed by atoms with Gasteiger partial charge in [0.25, 0.3) is 5.91 Å². The normalized spacial score (nSPS) is 14.0. The molecule has 1 aliphatic heterocycles. The zero-order valence-corrected chi connectivity index (χ0v) is 16.9. The molecule has 1 fully saturated rings. The largest absolute Gasteiger partial charge is 0.368 e. The van der Waals surface area contributed by atoms with Crippen LogP contribution in [0.25, 0.3) is 0 Å². The Morgan fingerprint density at radius 2 is 1.48 bits per heavy atom. The van der Waals surface area contributed by atoms with E-state index in [1.54, 1.807) is 6.20 Å². The molecule has 3 aromatic rings. The monoisotopic (exact) mass is 386 g/mol.